The summed E-state index contributed by atoms with van der Waals surface area (Å²) in [6, 6.07) is 3.55. The Bertz CT molecular complexity index is 1050. The molecule has 4 rings (SSSR count). The molecule has 3 unspecified atom stereocenters. The molecule has 1 saturated carbocycles. The number of rotatable bonds is 13. The van der Waals surface area contributed by atoms with Crippen LogP contribution in [0.4, 0.5) is 0 Å². The lowest BCUT2D eigenvalue weighted by Crippen LogP contribution is -2.55. The second kappa shape index (κ2) is 12.3. The standard InChI is InChI=1S/C30H42O9/c1-19(2)8-10-24-29(3,39-24)28-27(35-7)21(12-13-30(28)18-37-30)38-25(31)11-9-20-16-22(33-5)26(23(17-20)34-6)36-15-14-32-4/h8-9,11,16-17,21,24,27-28H,10,12-15,18H2,1-7H3/b11-9+/t21?,24-,27+,28?,29?,30-/m0/s1. The third-order valence-corrected chi connectivity index (χ3v) is 7.93. The molecular formula is C30H42O9. The fraction of sp³-hybridized carbons (Fsp3) is 0.633. The normalized spacial score (nSPS) is 31.2. The largest absolute Gasteiger partial charge is 0.493 e. The molecule has 1 aromatic carbocycles. The summed E-state index contributed by atoms with van der Waals surface area (Å²) < 4.78 is 46.0. The third-order valence-electron chi connectivity index (χ3n) is 7.93. The van der Waals surface area contributed by atoms with Gasteiger partial charge in [-0.15, -0.1) is 0 Å². The summed E-state index contributed by atoms with van der Waals surface area (Å²) in [5.41, 5.74) is 1.31. The molecular weight excluding hydrogens is 504 g/mol. The van der Waals surface area contributed by atoms with Gasteiger partial charge in [-0.1, -0.05) is 11.6 Å². The predicted molar refractivity (Wildman–Crippen MR) is 145 cm³/mol. The van der Waals surface area contributed by atoms with Crippen LogP contribution in [0.15, 0.2) is 29.9 Å². The minimum Gasteiger partial charge on any atom is -0.493 e. The molecule has 2 saturated heterocycles. The van der Waals surface area contributed by atoms with Crippen LogP contribution in [0, 0.1) is 5.92 Å². The van der Waals surface area contributed by atoms with Crippen molar-refractivity contribution in [3.63, 3.8) is 0 Å². The van der Waals surface area contributed by atoms with Crippen LogP contribution in [-0.2, 0) is 28.5 Å². The van der Waals surface area contributed by atoms with Crippen LogP contribution in [-0.4, -0.2) is 83.7 Å². The highest BCUT2D eigenvalue weighted by atomic mass is 16.6. The van der Waals surface area contributed by atoms with Crippen molar-refractivity contribution < 1.29 is 42.7 Å². The number of methoxy groups -OCH3 is 4. The molecule has 2 heterocycles. The fourth-order valence-corrected chi connectivity index (χ4v) is 5.79. The summed E-state index contributed by atoms with van der Waals surface area (Å²) in [7, 11) is 6.37. The van der Waals surface area contributed by atoms with E-state index < -0.39 is 12.1 Å². The van der Waals surface area contributed by atoms with Crippen molar-refractivity contribution in [2.45, 2.75) is 69.5 Å². The first-order valence-corrected chi connectivity index (χ1v) is 13.5. The molecule has 0 aromatic heterocycles. The van der Waals surface area contributed by atoms with Crippen molar-refractivity contribution in [3.8, 4) is 17.2 Å². The van der Waals surface area contributed by atoms with E-state index in [1.165, 1.54) is 11.6 Å². The predicted octanol–water partition coefficient (Wildman–Crippen LogP) is 4.36. The molecule has 0 radical (unpaired) electrons. The molecule has 6 atom stereocenters. The monoisotopic (exact) mass is 546 g/mol. The van der Waals surface area contributed by atoms with Crippen molar-refractivity contribution >= 4 is 12.0 Å². The number of benzene rings is 1. The molecule has 0 N–H and O–H groups in total. The quantitative estimate of drug-likeness (QED) is 0.118. The number of esters is 1. The lowest BCUT2D eigenvalue weighted by atomic mass is 9.68. The summed E-state index contributed by atoms with van der Waals surface area (Å²) in [6.07, 6.45) is 6.94. The zero-order chi connectivity index (χ0) is 28.2. The molecule has 216 valence electrons. The Kier molecular flexibility index (Phi) is 9.26. The first-order valence-electron chi connectivity index (χ1n) is 13.5. The molecule has 3 fully saturated rings. The van der Waals surface area contributed by atoms with E-state index in [-0.39, 0.29) is 29.3 Å². The molecule has 1 aromatic rings. The van der Waals surface area contributed by atoms with Gasteiger partial charge in [0.2, 0.25) is 5.75 Å². The van der Waals surface area contributed by atoms with Gasteiger partial charge in [0.25, 0.3) is 0 Å². The Morgan fingerprint density at radius 1 is 1.10 bits per heavy atom. The van der Waals surface area contributed by atoms with Crippen LogP contribution >= 0.6 is 0 Å². The molecule has 1 aliphatic carbocycles. The zero-order valence-electron chi connectivity index (χ0n) is 24.1. The Morgan fingerprint density at radius 2 is 1.79 bits per heavy atom. The molecule has 3 aliphatic rings. The van der Waals surface area contributed by atoms with Crippen molar-refractivity contribution in [2.24, 2.45) is 5.92 Å². The number of carbonyl (C=O) groups is 1. The first kappa shape index (κ1) is 29.4. The highest BCUT2D eigenvalue weighted by Gasteiger charge is 2.72. The zero-order valence-corrected chi connectivity index (χ0v) is 24.1. The van der Waals surface area contributed by atoms with Gasteiger partial charge in [0.05, 0.1) is 39.5 Å². The van der Waals surface area contributed by atoms with Gasteiger partial charge in [-0.2, -0.15) is 0 Å². The molecule has 39 heavy (non-hydrogen) atoms. The molecule has 9 nitrogen and oxygen atoms in total. The van der Waals surface area contributed by atoms with E-state index in [4.69, 9.17) is 37.9 Å². The van der Waals surface area contributed by atoms with Crippen LogP contribution < -0.4 is 14.2 Å². The van der Waals surface area contributed by atoms with Gasteiger partial charge in [-0.05, 0) is 63.8 Å². The van der Waals surface area contributed by atoms with E-state index >= 15 is 0 Å². The Balaban J connectivity index is 1.45. The average molecular weight is 547 g/mol. The number of hydrogen-bond acceptors (Lipinski definition) is 9. The van der Waals surface area contributed by atoms with Crippen molar-refractivity contribution in [1.82, 2.24) is 0 Å². The lowest BCUT2D eigenvalue weighted by molar-refractivity contribution is -0.166. The smallest absolute Gasteiger partial charge is 0.331 e. The van der Waals surface area contributed by atoms with E-state index in [0.717, 1.165) is 12.8 Å². The van der Waals surface area contributed by atoms with Crippen molar-refractivity contribution in [3.05, 3.63) is 35.4 Å². The van der Waals surface area contributed by atoms with E-state index in [1.54, 1.807) is 46.6 Å². The summed E-state index contributed by atoms with van der Waals surface area (Å²) in [4.78, 5) is 13.0. The summed E-state index contributed by atoms with van der Waals surface area (Å²) in [5.74, 6) is 0.976. The van der Waals surface area contributed by atoms with Gasteiger partial charge in [-0.3, -0.25) is 0 Å². The molecule has 0 bridgehead atoms. The lowest BCUT2D eigenvalue weighted by Gasteiger charge is -2.42. The number of carbonyl (C=O) groups excluding carboxylic acids is 1. The van der Waals surface area contributed by atoms with E-state index in [2.05, 4.69) is 26.8 Å². The highest BCUT2D eigenvalue weighted by Crippen LogP contribution is 2.59. The van der Waals surface area contributed by atoms with Crippen LogP contribution in [0.2, 0.25) is 0 Å². The van der Waals surface area contributed by atoms with Crippen LogP contribution in [0.25, 0.3) is 6.08 Å². The van der Waals surface area contributed by atoms with Gasteiger partial charge in [0, 0.05) is 20.3 Å². The number of allylic oxidation sites excluding steroid dienone is 1. The minimum absolute atomic E-state index is 0.0275. The SMILES string of the molecule is COCCOc1c(OC)cc(/C=C/C(=O)OC2CC[C@]3(CO3)C(C3(C)O[C@H]3CC=C(C)C)[C@@H]2OC)cc1OC. The third kappa shape index (κ3) is 6.43. The fourth-order valence-electron chi connectivity index (χ4n) is 5.79. The number of epoxide rings is 2. The van der Waals surface area contributed by atoms with Gasteiger partial charge >= 0.3 is 5.97 Å². The van der Waals surface area contributed by atoms with E-state index in [9.17, 15) is 4.79 Å². The van der Waals surface area contributed by atoms with Crippen molar-refractivity contribution in [1.29, 1.82) is 0 Å². The molecule has 9 heteroatoms. The Hall–Kier alpha value is -2.59. The molecule has 2 aliphatic heterocycles. The van der Waals surface area contributed by atoms with Crippen LogP contribution in [0.5, 0.6) is 17.2 Å². The summed E-state index contributed by atoms with van der Waals surface area (Å²) >= 11 is 0. The van der Waals surface area contributed by atoms with Crippen molar-refractivity contribution in [2.75, 3.05) is 48.3 Å². The maximum Gasteiger partial charge on any atom is 0.331 e. The van der Waals surface area contributed by atoms with E-state index in [1.807, 2.05) is 0 Å². The number of hydrogen-bond donors (Lipinski definition) is 0. The van der Waals surface area contributed by atoms with E-state index in [0.29, 0.717) is 49.1 Å². The molecule has 1 spiro atoms. The molecule has 0 amide bonds. The average Bonchev–Trinajstić information content (AvgIpc) is 3.84. The van der Waals surface area contributed by atoms with Gasteiger partial charge in [-0.25, -0.2) is 4.79 Å². The summed E-state index contributed by atoms with van der Waals surface area (Å²) in [6.45, 7) is 7.76. The van der Waals surface area contributed by atoms with Gasteiger partial charge in [0.15, 0.2) is 11.5 Å². The Morgan fingerprint density at radius 3 is 2.36 bits per heavy atom. The van der Waals surface area contributed by atoms with Crippen LogP contribution in [0.3, 0.4) is 0 Å². The summed E-state index contributed by atoms with van der Waals surface area (Å²) in [5, 5.41) is 0. The van der Waals surface area contributed by atoms with Crippen LogP contribution in [0.1, 0.15) is 45.6 Å². The minimum atomic E-state index is -0.449. The number of ether oxygens (including phenoxy) is 8. The maximum atomic E-state index is 13.0. The topological polar surface area (TPSA) is 97.5 Å². The van der Waals surface area contributed by atoms with Gasteiger partial charge < -0.3 is 37.9 Å². The second-order valence-electron chi connectivity index (χ2n) is 10.8. The maximum absolute atomic E-state index is 13.0. The Labute approximate surface area is 231 Å². The van der Waals surface area contributed by atoms with Gasteiger partial charge in [0.1, 0.15) is 30.0 Å². The second-order valence-corrected chi connectivity index (χ2v) is 10.8. The highest BCUT2D eigenvalue weighted by molar-refractivity contribution is 5.87. The first-order chi connectivity index (χ1) is 18.7.